The topological polar surface area (TPSA) is 59.9 Å². The van der Waals surface area contributed by atoms with E-state index in [0.717, 1.165) is 43.1 Å². The highest BCUT2D eigenvalue weighted by atomic mass is 27.1. The van der Waals surface area contributed by atoms with E-state index in [9.17, 15) is 0 Å². The molecule has 0 aliphatic rings. The van der Waals surface area contributed by atoms with Gasteiger partial charge in [-0.25, -0.2) is 0 Å². The molecular weight excluding hydrogens is 319 g/mol. The van der Waals surface area contributed by atoms with E-state index in [2.05, 4.69) is 31.0 Å². The van der Waals surface area contributed by atoms with Gasteiger partial charge >= 0.3 is 16.5 Å². The molecule has 0 aromatic carbocycles. The molecule has 0 amide bonds. The number of aromatic nitrogens is 6. The van der Waals surface area contributed by atoms with E-state index in [1.165, 1.54) is 0 Å². The van der Waals surface area contributed by atoms with Crippen LogP contribution in [0.25, 0.3) is 0 Å². The van der Waals surface area contributed by atoms with Gasteiger partial charge in [-0.05, 0) is 31.7 Å². The summed E-state index contributed by atoms with van der Waals surface area (Å²) in [7, 11) is 0. The Morgan fingerprint density at radius 1 is 0.833 bits per heavy atom. The number of hydrogen-bond acceptors (Lipinski definition) is 5. The highest BCUT2D eigenvalue weighted by molar-refractivity contribution is 6.04. The highest BCUT2D eigenvalue weighted by Gasteiger charge is 2.17. The zero-order chi connectivity index (χ0) is 16.8. The average molecular weight is 342 g/mol. The van der Waals surface area contributed by atoms with E-state index >= 15 is 0 Å². The van der Waals surface area contributed by atoms with Crippen molar-refractivity contribution in [2.75, 3.05) is 6.54 Å². The van der Waals surface area contributed by atoms with Crippen LogP contribution in [-0.4, -0.2) is 67.2 Å². The number of nitrogens with zero attached hydrogens (tertiary/aromatic N) is 8. The van der Waals surface area contributed by atoms with E-state index in [0.29, 0.717) is 6.04 Å². The van der Waals surface area contributed by atoms with Crippen LogP contribution in [0.4, 0.5) is 0 Å². The third-order valence-electron chi connectivity index (χ3n) is 3.92. The summed E-state index contributed by atoms with van der Waals surface area (Å²) in [5, 5.41) is 13.0. The fourth-order valence-corrected chi connectivity index (χ4v) is 3.54. The van der Waals surface area contributed by atoms with Crippen molar-refractivity contribution in [3.8, 4) is 0 Å². The first-order chi connectivity index (χ1) is 11.7. The quantitative estimate of drug-likeness (QED) is 0.516. The smallest absolute Gasteiger partial charge is 0.324 e. The van der Waals surface area contributed by atoms with Gasteiger partial charge in [0.25, 0.3) is 0 Å². The molecule has 1 atom stereocenters. The molecule has 3 aromatic heterocycles. The molecule has 1 unspecified atom stereocenters. The van der Waals surface area contributed by atoms with Crippen molar-refractivity contribution in [3.63, 3.8) is 0 Å². The molecule has 3 heterocycles. The van der Waals surface area contributed by atoms with Gasteiger partial charge in [0.15, 0.2) is 0 Å². The minimum absolute atomic E-state index is 0.367. The van der Waals surface area contributed by atoms with Crippen molar-refractivity contribution in [2.45, 2.75) is 33.0 Å². The summed E-state index contributed by atoms with van der Waals surface area (Å²) in [6.07, 6.45) is 11.4. The van der Waals surface area contributed by atoms with Gasteiger partial charge < -0.3 is 3.88 Å². The molecule has 0 N–H and O–H groups in total. The average Bonchev–Trinajstić information content (AvgIpc) is 3.30. The zero-order valence-electron chi connectivity index (χ0n) is 14.2. The monoisotopic (exact) mass is 342 g/mol. The van der Waals surface area contributed by atoms with Gasteiger partial charge in [0.2, 0.25) is 0 Å². The van der Waals surface area contributed by atoms with Gasteiger partial charge in [0.05, 0.1) is 20.0 Å². The lowest BCUT2D eigenvalue weighted by atomic mass is 10.3. The maximum atomic E-state index is 4.33. The minimum atomic E-state index is 0.367. The van der Waals surface area contributed by atoms with E-state index < -0.39 is 0 Å². The van der Waals surface area contributed by atoms with Gasteiger partial charge in [0.1, 0.15) is 0 Å². The molecule has 24 heavy (non-hydrogen) atoms. The van der Waals surface area contributed by atoms with Crippen LogP contribution in [0.1, 0.15) is 6.92 Å². The Morgan fingerprint density at radius 2 is 1.29 bits per heavy atom. The Balaban J connectivity index is 1.62. The van der Waals surface area contributed by atoms with Gasteiger partial charge in [-0.15, -0.1) is 0 Å². The van der Waals surface area contributed by atoms with Crippen LogP contribution in [-0.2, 0) is 20.0 Å². The Kier molecular flexibility index (Phi) is 5.83. The summed E-state index contributed by atoms with van der Waals surface area (Å²) in [6, 6.07) is 6.23. The molecule has 0 fully saturated rings. The molecule has 0 aliphatic heterocycles. The summed E-state index contributed by atoms with van der Waals surface area (Å²) >= 11 is 0.987. The van der Waals surface area contributed by atoms with Crippen molar-refractivity contribution in [2.24, 2.45) is 0 Å². The molecule has 3 rings (SSSR count). The predicted octanol–water partition coefficient (Wildman–Crippen LogP) is 0.0896. The molecule has 0 aliphatic carbocycles. The molecule has 0 saturated heterocycles. The van der Waals surface area contributed by atoms with Crippen molar-refractivity contribution >= 4 is 16.5 Å². The fraction of sp³-hybridized carbons (Fsp3) is 0.400. The second-order valence-electron chi connectivity index (χ2n) is 6.04. The lowest BCUT2D eigenvalue weighted by molar-refractivity contribution is 0.0890. The van der Waals surface area contributed by atoms with Crippen LogP contribution < -0.4 is 0 Å². The van der Waals surface area contributed by atoms with Gasteiger partial charge in [-0.1, -0.05) is 0 Å². The number of rotatable bonds is 9. The lowest BCUT2D eigenvalue weighted by Gasteiger charge is -2.32. The second kappa shape index (κ2) is 8.26. The first-order valence-electron chi connectivity index (χ1n) is 8.05. The zero-order valence-corrected chi connectivity index (χ0v) is 16.2. The summed E-state index contributed by atoms with van der Waals surface area (Å²) in [4.78, 5) is 2.37. The summed E-state index contributed by atoms with van der Waals surface area (Å²) < 4.78 is 8.26. The summed E-state index contributed by atoms with van der Waals surface area (Å²) in [5.41, 5.74) is 0. The largest absolute Gasteiger partial charge is 0.372 e. The van der Waals surface area contributed by atoms with Gasteiger partial charge in [-0.2, -0.15) is 15.3 Å². The van der Waals surface area contributed by atoms with Crippen molar-refractivity contribution in [3.05, 3.63) is 55.4 Å². The predicted molar refractivity (Wildman–Crippen MR) is 93.2 cm³/mol. The third kappa shape index (κ3) is 4.79. The van der Waals surface area contributed by atoms with Crippen LogP contribution in [0.3, 0.4) is 0 Å². The second-order valence-corrected chi connectivity index (χ2v) is 7.30. The molecule has 0 bridgehead atoms. The lowest BCUT2D eigenvalue weighted by Crippen LogP contribution is -2.43. The molecule has 9 heteroatoms. The Hall–Kier alpha value is -1.92. The Bertz CT molecular complexity index is 643. The van der Waals surface area contributed by atoms with Gasteiger partial charge in [-0.3, -0.25) is 18.9 Å². The van der Waals surface area contributed by atoms with Crippen LogP contribution in [0.2, 0.25) is 0 Å². The first kappa shape index (κ1) is 16.9. The Labute approximate surface area is 149 Å². The molecule has 8 nitrogen and oxygen atoms in total. The molecule has 0 spiro atoms. The molecule has 0 radical (unpaired) electrons. The van der Waals surface area contributed by atoms with E-state index in [-0.39, 0.29) is 0 Å². The van der Waals surface area contributed by atoms with E-state index in [4.69, 9.17) is 0 Å². The van der Waals surface area contributed by atoms with Crippen LogP contribution in [0.15, 0.2) is 55.4 Å². The van der Waals surface area contributed by atoms with Crippen molar-refractivity contribution < 1.29 is 0 Å². The third-order valence-corrected chi connectivity index (χ3v) is 4.56. The van der Waals surface area contributed by atoms with Crippen LogP contribution in [0.5, 0.6) is 0 Å². The molecule has 3 aromatic rings. The fourth-order valence-electron chi connectivity index (χ4n) is 2.72. The summed E-state index contributed by atoms with van der Waals surface area (Å²) in [6.45, 7) is 5.55. The highest BCUT2D eigenvalue weighted by Crippen LogP contribution is 2.06. The summed E-state index contributed by atoms with van der Waals surface area (Å²) in [5.74, 6) is 0. The van der Waals surface area contributed by atoms with Crippen LogP contribution in [0, 0.1) is 0 Å². The SMILES string of the molecule is CC(C[N]([AlH2])Cn1cccn1)N(Cn1cccn1)Cn1cccn1. The minimum Gasteiger partial charge on any atom is -0.372 e. The normalized spacial score (nSPS) is 13.0. The molecule has 0 saturated carbocycles. The Morgan fingerprint density at radius 3 is 1.71 bits per heavy atom. The maximum Gasteiger partial charge on any atom is 0.324 e. The molecular formula is C15H23AlN8. The van der Waals surface area contributed by atoms with E-state index in [1.807, 2.05) is 69.4 Å². The van der Waals surface area contributed by atoms with Crippen molar-refractivity contribution in [1.29, 1.82) is 0 Å². The number of hydrogen-bond donors (Lipinski definition) is 0. The standard InChI is InChI=1S/C15H21N8.Al.2H/c1-15(11-16-12-21-8-2-5-17-21)20(13-22-9-3-6-18-22)14-23-10-4-7-19-23;;;/h2-10,15H,11-14H2,1H3;;;/q-1;+1;;. The first-order valence-corrected chi connectivity index (χ1v) is 8.95. The van der Waals surface area contributed by atoms with Gasteiger partial charge in [0, 0.05) is 43.2 Å². The molecule has 126 valence electrons. The van der Waals surface area contributed by atoms with Crippen LogP contribution >= 0.6 is 0 Å². The maximum absolute atomic E-state index is 4.33. The van der Waals surface area contributed by atoms with E-state index in [1.54, 1.807) is 0 Å². The van der Waals surface area contributed by atoms with Crippen molar-refractivity contribution in [1.82, 2.24) is 38.1 Å².